The molecule has 1 aromatic heterocycles. The Hall–Kier alpha value is -2.96. The number of carbonyl (C=O) groups is 2. The van der Waals surface area contributed by atoms with Crippen molar-refractivity contribution in [1.82, 2.24) is 14.9 Å². The lowest BCUT2D eigenvalue weighted by Crippen LogP contribution is -2.50. The van der Waals surface area contributed by atoms with Crippen molar-refractivity contribution < 1.29 is 9.59 Å². The number of carbonyl (C=O) groups excluding carboxylic acids is 2. The number of aryl methyl sites for hydroxylation is 2. The molecule has 0 saturated carbocycles. The molecule has 2 aliphatic rings. The zero-order valence-electron chi connectivity index (χ0n) is 15.4. The second-order valence-corrected chi connectivity index (χ2v) is 6.99. The molecule has 0 spiro atoms. The smallest absolute Gasteiger partial charge is 0.326 e. The van der Waals surface area contributed by atoms with Crippen molar-refractivity contribution in [2.45, 2.75) is 31.8 Å². The van der Waals surface area contributed by atoms with Crippen LogP contribution in [0.25, 0.3) is 0 Å². The second-order valence-electron chi connectivity index (χ2n) is 6.99. The number of fused-ring (bicyclic) bond motifs is 1. The van der Waals surface area contributed by atoms with E-state index in [-0.39, 0.29) is 6.03 Å². The molecule has 4 rings (SSSR count). The highest BCUT2D eigenvalue weighted by Crippen LogP contribution is 2.37. The average Bonchev–Trinajstić information content (AvgIpc) is 3.33. The van der Waals surface area contributed by atoms with Crippen LogP contribution >= 0.6 is 0 Å². The van der Waals surface area contributed by atoms with Crippen molar-refractivity contribution in [3.05, 3.63) is 47.9 Å². The summed E-state index contributed by atoms with van der Waals surface area (Å²) in [6.07, 6.45) is 5.35. The highest BCUT2D eigenvalue weighted by molar-refractivity contribution is 6.02. The number of hydrogen-bond acceptors (Lipinski definition) is 5. The number of amides is 2. The molecule has 3 heterocycles. The molecule has 1 atom stereocenters. The third-order valence-electron chi connectivity index (χ3n) is 5.24. The van der Waals surface area contributed by atoms with Crippen LogP contribution in [-0.4, -0.2) is 53.5 Å². The number of aromatic nitrogens is 2. The number of aldehydes is 1. The topological polar surface area (TPSA) is 69.6 Å². The maximum atomic E-state index is 12.9. The summed E-state index contributed by atoms with van der Waals surface area (Å²) in [5.74, 6) is 1.35. The first-order valence-corrected chi connectivity index (χ1v) is 9.35. The summed E-state index contributed by atoms with van der Waals surface area (Å²) < 4.78 is 0. The number of rotatable bonds is 4. The maximum absolute atomic E-state index is 12.9. The number of anilines is 2. The Morgan fingerprint density at radius 1 is 1.19 bits per heavy atom. The van der Waals surface area contributed by atoms with Crippen molar-refractivity contribution in [2.75, 3.05) is 29.9 Å². The molecule has 2 aromatic rings. The number of likely N-dealkylation sites (N-methyl/N-ethyl adjacent to an activating group) is 1. The number of likely N-dealkylation sites (tertiary alicyclic amines) is 1. The Labute approximate surface area is 158 Å². The van der Waals surface area contributed by atoms with Gasteiger partial charge >= 0.3 is 6.03 Å². The van der Waals surface area contributed by atoms with Crippen molar-refractivity contribution in [3.63, 3.8) is 0 Å². The fourth-order valence-corrected chi connectivity index (χ4v) is 3.72. The summed E-state index contributed by atoms with van der Waals surface area (Å²) in [5, 5.41) is 0. The molecule has 0 radical (unpaired) electrons. The number of nitrogens with zero attached hydrogens (tertiary/aromatic N) is 5. The van der Waals surface area contributed by atoms with Gasteiger partial charge in [-0.15, -0.1) is 0 Å². The van der Waals surface area contributed by atoms with Crippen LogP contribution in [0.5, 0.6) is 0 Å². The van der Waals surface area contributed by atoms with E-state index < -0.39 is 6.17 Å². The van der Waals surface area contributed by atoms with Crippen LogP contribution in [0.3, 0.4) is 0 Å². The molecule has 0 N–H and O–H groups in total. The summed E-state index contributed by atoms with van der Waals surface area (Å²) in [4.78, 5) is 38.8. The van der Waals surface area contributed by atoms with E-state index in [2.05, 4.69) is 22.1 Å². The molecule has 27 heavy (non-hydrogen) atoms. The lowest BCUT2D eigenvalue weighted by atomic mass is 10.1. The summed E-state index contributed by atoms with van der Waals surface area (Å²) in [6, 6.07) is 10.1. The van der Waals surface area contributed by atoms with Gasteiger partial charge in [0.15, 0.2) is 18.3 Å². The first kappa shape index (κ1) is 17.5. The number of hydrogen-bond donors (Lipinski definition) is 0. The maximum Gasteiger partial charge on any atom is 0.326 e. The van der Waals surface area contributed by atoms with E-state index in [1.165, 1.54) is 10.5 Å². The molecule has 1 unspecified atom stereocenters. The van der Waals surface area contributed by atoms with Gasteiger partial charge in [-0.2, -0.15) is 0 Å². The first-order valence-electron chi connectivity index (χ1n) is 9.35. The third kappa shape index (κ3) is 3.25. The highest BCUT2D eigenvalue weighted by Gasteiger charge is 2.41. The normalized spacial score (nSPS) is 18.7. The zero-order chi connectivity index (χ0) is 18.8. The van der Waals surface area contributed by atoms with Crippen LogP contribution < -0.4 is 9.80 Å². The van der Waals surface area contributed by atoms with Crippen LogP contribution in [0.2, 0.25) is 0 Å². The van der Waals surface area contributed by atoms with E-state index in [0.717, 1.165) is 38.6 Å². The average molecular weight is 365 g/mol. The molecule has 1 fully saturated rings. The molecule has 0 bridgehead atoms. The minimum absolute atomic E-state index is 0.143. The molecular formula is C20H23N5O2. The van der Waals surface area contributed by atoms with Gasteiger partial charge in [0.25, 0.3) is 0 Å². The monoisotopic (exact) mass is 365 g/mol. The Kier molecular flexibility index (Phi) is 4.75. The molecule has 2 amide bonds. The Morgan fingerprint density at radius 2 is 1.93 bits per heavy atom. The van der Waals surface area contributed by atoms with Crippen LogP contribution in [0.4, 0.5) is 16.3 Å². The number of urea groups is 1. The van der Waals surface area contributed by atoms with Gasteiger partial charge in [-0.1, -0.05) is 30.3 Å². The van der Waals surface area contributed by atoms with Gasteiger partial charge in [0.1, 0.15) is 11.5 Å². The predicted molar refractivity (Wildman–Crippen MR) is 103 cm³/mol. The van der Waals surface area contributed by atoms with Gasteiger partial charge in [-0.25, -0.2) is 14.8 Å². The van der Waals surface area contributed by atoms with Crippen LogP contribution in [0.1, 0.15) is 24.2 Å². The molecule has 7 nitrogen and oxygen atoms in total. The Balaban J connectivity index is 1.57. The van der Waals surface area contributed by atoms with Crippen LogP contribution in [0, 0.1) is 0 Å². The minimum Gasteiger partial charge on any atom is -0.331 e. The molecule has 7 heteroatoms. The Morgan fingerprint density at radius 3 is 2.63 bits per heavy atom. The van der Waals surface area contributed by atoms with Gasteiger partial charge in [-0.05, 0) is 24.8 Å². The minimum atomic E-state index is -0.674. The van der Waals surface area contributed by atoms with Crippen molar-refractivity contribution >= 4 is 23.8 Å². The molecule has 2 aliphatic heterocycles. The van der Waals surface area contributed by atoms with Gasteiger partial charge < -0.3 is 9.80 Å². The summed E-state index contributed by atoms with van der Waals surface area (Å²) in [5.41, 5.74) is 1.83. The van der Waals surface area contributed by atoms with Crippen molar-refractivity contribution in [1.29, 1.82) is 0 Å². The van der Waals surface area contributed by atoms with E-state index in [4.69, 9.17) is 0 Å². The van der Waals surface area contributed by atoms with Crippen molar-refractivity contribution in [3.8, 4) is 0 Å². The van der Waals surface area contributed by atoms with E-state index in [1.807, 2.05) is 18.2 Å². The standard InChI is InChI=1S/C20H23N5O2/c1-23-18(14-26)25(20(27)24-11-5-6-12-24)16-13-21-17(22-19(16)23)10-9-15-7-3-2-4-8-15/h2-4,7-8,13-14,18H,5-6,9-12H2,1H3. The third-order valence-corrected chi connectivity index (χ3v) is 5.24. The lowest BCUT2D eigenvalue weighted by Gasteiger charge is -2.28. The second kappa shape index (κ2) is 7.34. The molecule has 1 aromatic carbocycles. The summed E-state index contributed by atoms with van der Waals surface area (Å²) in [6.45, 7) is 1.46. The highest BCUT2D eigenvalue weighted by atomic mass is 16.2. The van der Waals surface area contributed by atoms with Gasteiger partial charge in [-0.3, -0.25) is 9.69 Å². The lowest BCUT2D eigenvalue weighted by molar-refractivity contribution is -0.108. The molecule has 140 valence electrons. The molecule has 1 saturated heterocycles. The fourth-order valence-electron chi connectivity index (χ4n) is 3.72. The number of benzene rings is 1. The largest absolute Gasteiger partial charge is 0.331 e. The summed E-state index contributed by atoms with van der Waals surface area (Å²) >= 11 is 0. The fraction of sp³-hybridized carbons (Fsp3) is 0.400. The van der Waals surface area contributed by atoms with Gasteiger partial charge in [0.2, 0.25) is 0 Å². The predicted octanol–water partition coefficient (Wildman–Crippen LogP) is 2.26. The zero-order valence-corrected chi connectivity index (χ0v) is 15.4. The van der Waals surface area contributed by atoms with Gasteiger partial charge in [0.05, 0.1) is 6.20 Å². The molecular weight excluding hydrogens is 342 g/mol. The quantitative estimate of drug-likeness (QED) is 0.778. The first-order chi connectivity index (χ1) is 13.2. The SMILES string of the molecule is CN1c2nc(CCc3ccccc3)ncc2N(C(=O)N2CCCC2)C1C=O. The summed E-state index contributed by atoms with van der Waals surface area (Å²) in [7, 11) is 1.79. The van der Waals surface area contributed by atoms with E-state index in [9.17, 15) is 9.59 Å². The van der Waals surface area contributed by atoms with Crippen LogP contribution in [-0.2, 0) is 17.6 Å². The van der Waals surface area contributed by atoms with E-state index >= 15 is 0 Å². The van der Waals surface area contributed by atoms with Crippen molar-refractivity contribution in [2.24, 2.45) is 0 Å². The van der Waals surface area contributed by atoms with E-state index in [1.54, 1.807) is 23.0 Å². The van der Waals surface area contributed by atoms with Gasteiger partial charge in [0, 0.05) is 26.6 Å². The molecule has 0 aliphatic carbocycles. The van der Waals surface area contributed by atoms with E-state index in [0.29, 0.717) is 23.8 Å². The Bertz CT molecular complexity index is 836. The van der Waals surface area contributed by atoms with Crippen LogP contribution in [0.15, 0.2) is 36.5 Å².